The Morgan fingerprint density at radius 1 is 1.44 bits per heavy atom. The highest BCUT2D eigenvalue weighted by Gasteiger charge is 2.06. The van der Waals surface area contributed by atoms with E-state index in [1.807, 2.05) is 0 Å². The van der Waals surface area contributed by atoms with Gasteiger partial charge in [0.2, 0.25) is 0 Å². The molecule has 1 heterocycles. The molecule has 0 aromatic carbocycles. The normalized spacial score (nSPS) is 10.9. The van der Waals surface area contributed by atoms with Gasteiger partial charge in [-0.05, 0) is 42.0 Å². The number of hydrogen-bond acceptors (Lipinski definition) is 4. The predicted octanol–water partition coefficient (Wildman–Crippen LogP) is 1.69. The molecule has 0 aliphatic carbocycles. The van der Waals surface area contributed by atoms with Crippen LogP contribution in [0.3, 0.4) is 0 Å². The molecule has 0 spiro atoms. The third kappa shape index (κ3) is 4.10. The highest BCUT2D eigenvalue weighted by molar-refractivity contribution is 9.10. The fourth-order valence-corrected chi connectivity index (χ4v) is 2.20. The topological polar surface area (TPSA) is 50.2 Å². The second-order valence-electron chi connectivity index (χ2n) is 4.11. The van der Waals surface area contributed by atoms with E-state index < -0.39 is 0 Å². The maximum absolute atomic E-state index is 11.6. The minimum Gasteiger partial charge on any atom is -0.383 e. The van der Waals surface area contributed by atoms with E-state index in [-0.39, 0.29) is 5.56 Å². The Morgan fingerprint density at radius 3 is 2.72 bits per heavy atom. The van der Waals surface area contributed by atoms with Gasteiger partial charge >= 0.3 is 0 Å². The van der Waals surface area contributed by atoms with Gasteiger partial charge in [0.1, 0.15) is 4.47 Å². The predicted molar refractivity (Wildman–Crippen MR) is 78.1 cm³/mol. The van der Waals surface area contributed by atoms with E-state index >= 15 is 0 Å². The number of aryl methyl sites for hydroxylation is 1. The number of hydrogen-bond donors (Lipinski definition) is 1. The number of aromatic nitrogens is 2. The average molecular weight is 317 g/mol. The largest absolute Gasteiger partial charge is 0.383 e. The third-order valence-electron chi connectivity index (χ3n) is 2.94. The van der Waals surface area contributed by atoms with Crippen molar-refractivity contribution in [3.05, 3.63) is 21.0 Å². The van der Waals surface area contributed by atoms with Crippen LogP contribution < -0.4 is 10.9 Å². The molecular weight excluding hydrogens is 296 g/mol. The van der Waals surface area contributed by atoms with Crippen molar-refractivity contribution >= 4 is 21.6 Å². The molecule has 1 aromatic heterocycles. The smallest absolute Gasteiger partial charge is 0.282 e. The molecule has 0 atom stereocenters. The number of nitrogens with zero attached hydrogens (tertiary/aromatic N) is 3. The fourth-order valence-electron chi connectivity index (χ4n) is 1.70. The zero-order valence-electron chi connectivity index (χ0n) is 11.2. The molecule has 0 aliphatic rings. The Labute approximate surface area is 116 Å². The summed E-state index contributed by atoms with van der Waals surface area (Å²) in [6.45, 7) is 8.39. The van der Waals surface area contributed by atoms with Gasteiger partial charge in [0, 0.05) is 13.6 Å². The summed E-state index contributed by atoms with van der Waals surface area (Å²) >= 11 is 3.29. The van der Waals surface area contributed by atoms with Crippen LogP contribution in [0.2, 0.25) is 0 Å². The lowest BCUT2D eigenvalue weighted by Gasteiger charge is -2.18. The van der Waals surface area contributed by atoms with Crippen molar-refractivity contribution in [1.29, 1.82) is 0 Å². The summed E-state index contributed by atoms with van der Waals surface area (Å²) in [6, 6.07) is 0. The Balaban J connectivity index is 2.45. The molecule has 0 fully saturated rings. The standard InChI is InChI=1S/C12H21BrN4O/c1-4-17(5-2)8-6-7-14-10-9-15-16(3)12(18)11(10)13/h9,14H,4-8H2,1-3H3. The first-order chi connectivity index (χ1) is 8.60. The summed E-state index contributed by atoms with van der Waals surface area (Å²) in [5.74, 6) is 0. The van der Waals surface area contributed by atoms with E-state index in [2.05, 4.69) is 45.1 Å². The van der Waals surface area contributed by atoms with Gasteiger partial charge in [-0.1, -0.05) is 13.8 Å². The van der Waals surface area contributed by atoms with E-state index in [0.717, 1.165) is 38.3 Å². The fraction of sp³-hybridized carbons (Fsp3) is 0.667. The maximum atomic E-state index is 11.6. The molecule has 0 saturated heterocycles. The lowest BCUT2D eigenvalue weighted by atomic mass is 10.3. The van der Waals surface area contributed by atoms with Gasteiger partial charge in [-0.15, -0.1) is 0 Å². The Morgan fingerprint density at radius 2 is 2.11 bits per heavy atom. The first-order valence-corrected chi connectivity index (χ1v) is 7.07. The first-order valence-electron chi connectivity index (χ1n) is 6.28. The summed E-state index contributed by atoms with van der Waals surface area (Å²) < 4.78 is 1.85. The van der Waals surface area contributed by atoms with E-state index in [0.29, 0.717) is 4.47 Å². The molecule has 0 radical (unpaired) electrons. The zero-order chi connectivity index (χ0) is 13.5. The summed E-state index contributed by atoms with van der Waals surface area (Å²) in [6.07, 6.45) is 2.71. The van der Waals surface area contributed by atoms with Crippen molar-refractivity contribution in [1.82, 2.24) is 14.7 Å². The molecule has 18 heavy (non-hydrogen) atoms. The van der Waals surface area contributed by atoms with Crippen molar-refractivity contribution in [2.24, 2.45) is 7.05 Å². The minimum absolute atomic E-state index is 0.122. The summed E-state index contributed by atoms with van der Waals surface area (Å²) in [5.41, 5.74) is 0.640. The highest BCUT2D eigenvalue weighted by Crippen LogP contribution is 2.15. The molecular formula is C12H21BrN4O. The van der Waals surface area contributed by atoms with Gasteiger partial charge in [-0.2, -0.15) is 5.10 Å². The van der Waals surface area contributed by atoms with E-state index in [4.69, 9.17) is 0 Å². The molecule has 1 rings (SSSR count). The van der Waals surface area contributed by atoms with E-state index in [9.17, 15) is 4.79 Å². The maximum Gasteiger partial charge on any atom is 0.282 e. The average Bonchev–Trinajstić information content (AvgIpc) is 2.38. The number of halogens is 1. The third-order valence-corrected chi connectivity index (χ3v) is 3.71. The summed E-state index contributed by atoms with van der Waals surface area (Å²) in [5, 5.41) is 7.22. The van der Waals surface area contributed by atoms with Crippen LogP contribution in [0, 0.1) is 0 Å². The SMILES string of the molecule is CCN(CC)CCCNc1cnn(C)c(=O)c1Br. The van der Waals surface area contributed by atoms with E-state index in [1.165, 1.54) is 4.68 Å². The first kappa shape index (κ1) is 15.2. The molecule has 0 amide bonds. The molecule has 0 bridgehead atoms. The molecule has 0 aliphatic heterocycles. The van der Waals surface area contributed by atoms with Gasteiger partial charge in [0.25, 0.3) is 5.56 Å². The van der Waals surface area contributed by atoms with Crippen LogP contribution in [0.4, 0.5) is 5.69 Å². The van der Waals surface area contributed by atoms with Crippen LogP contribution >= 0.6 is 15.9 Å². The Kier molecular flexibility index (Phi) is 6.35. The highest BCUT2D eigenvalue weighted by atomic mass is 79.9. The minimum atomic E-state index is -0.122. The van der Waals surface area contributed by atoms with Crippen LogP contribution in [0.25, 0.3) is 0 Å². The Hall–Kier alpha value is -0.880. The summed E-state index contributed by atoms with van der Waals surface area (Å²) in [4.78, 5) is 14.0. The molecule has 0 unspecified atom stereocenters. The van der Waals surface area contributed by atoms with Crippen LogP contribution in [0.15, 0.2) is 15.5 Å². The molecule has 102 valence electrons. The van der Waals surface area contributed by atoms with Gasteiger partial charge < -0.3 is 10.2 Å². The van der Waals surface area contributed by atoms with Gasteiger partial charge in [0.05, 0.1) is 11.9 Å². The van der Waals surface area contributed by atoms with Crippen LogP contribution in [0.5, 0.6) is 0 Å². The van der Waals surface area contributed by atoms with Crippen LogP contribution in [0.1, 0.15) is 20.3 Å². The van der Waals surface area contributed by atoms with Crippen LogP contribution in [-0.4, -0.2) is 40.9 Å². The monoisotopic (exact) mass is 316 g/mol. The van der Waals surface area contributed by atoms with Crippen molar-refractivity contribution in [3.63, 3.8) is 0 Å². The second kappa shape index (κ2) is 7.53. The molecule has 6 heteroatoms. The van der Waals surface area contributed by atoms with Crippen molar-refractivity contribution in [3.8, 4) is 0 Å². The molecule has 5 nitrogen and oxygen atoms in total. The Bertz CT molecular complexity index is 429. The second-order valence-corrected chi connectivity index (χ2v) is 4.90. The quantitative estimate of drug-likeness (QED) is 0.778. The van der Waals surface area contributed by atoms with Gasteiger partial charge in [-0.25, -0.2) is 4.68 Å². The molecule has 1 N–H and O–H groups in total. The number of anilines is 1. The van der Waals surface area contributed by atoms with Crippen molar-refractivity contribution in [2.45, 2.75) is 20.3 Å². The number of nitrogens with one attached hydrogen (secondary N) is 1. The zero-order valence-corrected chi connectivity index (χ0v) is 12.8. The van der Waals surface area contributed by atoms with Crippen molar-refractivity contribution < 1.29 is 0 Å². The van der Waals surface area contributed by atoms with Gasteiger partial charge in [-0.3, -0.25) is 4.79 Å². The van der Waals surface area contributed by atoms with Crippen molar-refractivity contribution in [2.75, 3.05) is 31.5 Å². The van der Waals surface area contributed by atoms with Crippen LogP contribution in [-0.2, 0) is 7.05 Å². The molecule has 0 saturated carbocycles. The lowest BCUT2D eigenvalue weighted by molar-refractivity contribution is 0.303. The molecule has 1 aromatic rings. The summed E-state index contributed by atoms with van der Waals surface area (Å²) in [7, 11) is 1.64. The lowest BCUT2D eigenvalue weighted by Crippen LogP contribution is -2.26. The van der Waals surface area contributed by atoms with E-state index in [1.54, 1.807) is 13.2 Å². The number of rotatable bonds is 7. The van der Waals surface area contributed by atoms with Gasteiger partial charge in [0.15, 0.2) is 0 Å².